The van der Waals surface area contributed by atoms with Gasteiger partial charge >= 0.3 is 6.18 Å². The summed E-state index contributed by atoms with van der Waals surface area (Å²) in [6.45, 7) is 1.68. The number of nitrogens with two attached hydrogens (primary N) is 2. The van der Waals surface area contributed by atoms with Crippen molar-refractivity contribution in [2.45, 2.75) is 19.6 Å². The molecule has 1 aromatic heterocycles. The number of nitrogens with zero attached hydrogens (tertiary/aromatic N) is 2. The van der Waals surface area contributed by atoms with E-state index in [1.165, 1.54) is 12.1 Å². The Bertz CT molecular complexity index is 1060. The number of alkyl halides is 3. The fourth-order valence-electron chi connectivity index (χ4n) is 2.67. The molecule has 0 saturated heterocycles. The lowest BCUT2D eigenvalue weighted by atomic mass is 9.98. The Morgan fingerprint density at radius 2 is 1.48 bits per heavy atom. The molecule has 3 rings (SSSR count). The zero-order valence-corrected chi connectivity index (χ0v) is 16.0. The van der Waals surface area contributed by atoms with Crippen LogP contribution in [0.25, 0.3) is 22.4 Å². The van der Waals surface area contributed by atoms with Crippen molar-refractivity contribution in [3.8, 4) is 22.4 Å². The fourth-order valence-corrected chi connectivity index (χ4v) is 2.67. The molecule has 0 aliphatic heterocycles. The van der Waals surface area contributed by atoms with Gasteiger partial charge < -0.3 is 0 Å². The van der Waals surface area contributed by atoms with Gasteiger partial charge in [-0.15, -0.1) is 0 Å². The monoisotopic (exact) mass is 430 g/mol. The highest BCUT2D eigenvalue weighted by Crippen LogP contribution is 2.42. The summed E-state index contributed by atoms with van der Waals surface area (Å²) >= 11 is 0. The van der Waals surface area contributed by atoms with Crippen LogP contribution in [0, 0.1) is 5.82 Å². The number of benzene rings is 2. The molecule has 0 bridgehead atoms. The van der Waals surface area contributed by atoms with Gasteiger partial charge in [-0.05, 0) is 24.6 Å². The van der Waals surface area contributed by atoms with E-state index in [0.717, 1.165) is 16.8 Å². The molecule has 156 valence electrons. The van der Waals surface area contributed by atoms with Crippen molar-refractivity contribution in [2.24, 2.45) is 10.3 Å². The van der Waals surface area contributed by atoms with Crippen LogP contribution in [0.1, 0.15) is 12.6 Å². The van der Waals surface area contributed by atoms with Crippen molar-refractivity contribution in [3.05, 3.63) is 66.1 Å². The maximum atomic E-state index is 13.7. The molecule has 29 heavy (non-hydrogen) atoms. The number of aryl methyl sites for hydroxylation is 1. The molecule has 0 spiro atoms. The largest absolute Gasteiger partial charge is 0.433 e. The van der Waals surface area contributed by atoms with Crippen LogP contribution < -0.4 is 10.3 Å². The van der Waals surface area contributed by atoms with Gasteiger partial charge in [0.05, 0.1) is 0 Å². The van der Waals surface area contributed by atoms with Crippen LogP contribution >= 0.6 is 0 Å². The van der Waals surface area contributed by atoms with Crippen LogP contribution in [0.15, 0.2) is 54.6 Å². The predicted octanol–water partition coefficient (Wildman–Crippen LogP) is 3.54. The van der Waals surface area contributed by atoms with Gasteiger partial charge in [0, 0.05) is 17.7 Å². The summed E-state index contributed by atoms with van der Waals surface area (Å²) < 4.78 is 73.5. The average molecular weight is 430 g/mol. The number of rotatable bonds is 3. The van der Waals surface area contributed by atoms with Gasteiger partial charge in [0.25, 0.3) is 10.2 Å². The highest BCUT2D eigenvalue weighted by atomic mass is 32.2. The highest BCUT2D eigenvalue weighted by Gasteiger charge is 2.40. The average Bonchev–Trinajstić information content (AvgIpc) is 3.02. The Balaban J connectivity index is 0.000000537. The second kappa shape index (κ2) is 8.72. The van der Waals surface area contributed by atoms with Crippen LogP contribution in [-0.4, -0.2) is 18.2 Å². The Kier molecular flexibility index (Phi) is 6.77. The summed E-state index contributed by atoms with van der Waals surface area (Å²) in [5.74, 6) is -0.503. The fraction of sp³-hybridized carbons (Fsp3) is 0.167. The van der Waals surface area contributed by atoms with Crippen molar-refractivity contribution >= 4 is 10.2 Å². The number of aromatic nitrogens is 2. The van der Waals surface area contributed by atoms with E-state index >= 15 is 0 Å². The normalized spacial score (nSPS) is 11.7. The quantitative estimate of drug-likeness (QED) is 0.621. The predicted molar refractivity (Wildman–Crippen MR) is 101 cm³/mol. The van der Waals surface area contributed by atoms with Crippen LogP contribution in [0.3, 0.4) is 0 Å². The minimum Gasteiger partial charge on any atom is -0.260 e. The lowest BCUT2D eigenvalue weighted by Crippen LogP contribution is -2.21. The Labute approximate surface area is 164 Å². The van der Waals surface area contributed by atoms with Crippen LogP contribution in [-0.2, 0) is 22.9 Å². The molecule has 0 fully saturated rings. The molecule has 0 atom stereocenters. The molecule has 4 N–H and O–H groups in total. The van der Waals surface area contributed by atoms with Crippen molar-refractivity contribution < 1.29 is 26.0 Å². The highest BCUT2D eigenvalue weighted by molar-refractivity contribution is 7.86. The summed E-state index contributed by atoms with van der Waals surface area (Å²) in [7, 11) is -3.67. The molecule has 3 aromatic rings. The van der Waals surface area contributed by atoms with Gasteiger partial charge in [0.15, 0.2) is 5.69 Å². The Hall–Kier alpha value is -2.76. The second-order valence-electron chi connectivity index (χ2n) is 5.85. The SMILES string of the molecule is CCn1nc(-c2ccccc2)c(-c2ccc(F)cc2)c1C(F)(F)F.NS(N)(=O)=O. The van der Waals surface area contributed by atoms with Crippen LogP contribution in [0.2, 0.25) is 0 Å². The van der Waals surface area contributed by atoms with Crippen molar-refractivity contribution in [1.82, 2.24) is 9.78 Å². The summed E-state index contributed by atoms with van der Waals surface area (Å²) in [6, 6.07) is 13.6. The minimum absolute atomic E-state index is 0.0319. The molecule has 2 aromatic carbocycles. The van der Waals surface area contributed by atoms with Gasteiger partial charge in [-0.3, -0.25) is 4.68 Å². The molecule has 0 aliphatic carbocycles. The molecular formula is C18H18F4N4O2S. The molecule has 0 saturated carbocycles. The van der Waals surface area contributed by atoms with Crippen molar-refractivity contribution in [1.29, 1.82) is 0 Å². The molecule has 0 unspecified atom stereocenters. The first-order valence-corrected chi connectivity index (χ1v) is 9.82. The standard InChI is InChI=1S/C18H14F4N2.H4N2O2S/c1-2-24-17(18(20,21)22)15(12-8-10-14(19)11-9-12)16(23-24)13-6-4-3-5-7-13;1-5(2,3)4/h3-11H,2H2,1H3;(H4,1,2,3,4). The van der Waals surface area contributed by atoms with E-state index < -0.39 is 27.9 Å². The van der Waals surface area contributed by atoms with E-state index in [0.29, 0.717) is 5.56 Å². The van der Waals surface area contributed by atoms with E-state index in [2.05, 4.69) is 15.4 Å². The summed E-state index contributed by atoms with van der Waals surface area (Å²) in [6.07, 6.45) is -4.57. The van der Waals surface area contributed by atoms with Gasteiger partial charge in [-0.2, -0.15) is 26.7 Å². The number of halogens is 4. The third kappa shape index (κ3) is 6.11. The van der Waals surface area contributed by atoms with Gasteiger partial charge in [0.2, 0.25) is 0 Å². The number of hydrogen-bond acceptors (Lipinski definition) is 3. The maximum Gasteiger partial charge on any atom is 0.433 e. The topological polar surface area (TPSA) is 104 Å². The summed E-state index contributed by atoms with van der Waals surface area (Å²) in [5, 5.41) is 12.4. The first-order valence-electron chi connectivity index (χ1n) is 8.21. The lowest BCUT2D eigenvalue weighted by Gasteiger charge is -2.12. The van der Waals surface area contributed by atoms with Crippen LogP contribution in [0.5, 0.6) is 0 Å². The lowest BCUT2D eigenvalue weighted by molar-refractivity contribution is -0.143. The molecule has 6 nitrogen and oxygen atoms in total. The molecule has 0 aliphatic rings. The Morgan fingerprint density at radius 3 is 1.93 bits per heavy atom. The third-order valence-electron chi connectivity index (χ3n) is 3.70. The zero-order chi connectivity index (χ0) is 21.8. The van der Waals surface area contributed by atoms with Gasteiger partial charge in [-0.1, -0.05) is 42.5 Å². The van der Waals surface area contributed by atoms with Crippen molar-refractivity contribution in [3.63, 3.8) is 0 Å². The van der Waals surface area contributed by atoms with Gasteiger partial charge in [0.1, 0.15) is 11.5 Å². The van der Waals surface area contributed by atoms with Gasteiger partial charge in [-0.25, -0.2) is 14.7 Å². The molecule has 1 heterocycles. The first kappa shape index (κ1) is 22.5. The molecule has 11 heteroatoms. The minimum atomic E-state index is -4.57. The zero-order valence-electron chi connectivity index (χ0n) is 15.2. The first-order chi connectivity index (χ1) is 13.4. The maximum absolute atomic E-state index is 13.7. The molecule has 0 radical (unpaired) electrons. The van der Waals surface area contributed by atoms with Crippen molar-refractivity contribution in [2.75, 3.05) is 0 Å². The van der Waals surface area contributed by atoms with E-state index in [-0.39, 0.29) is 23.4 Å². The Morgan fingerprint density at radius 1 is 0.966 bits per heavy atom. The number of hydrogen-bond donors (Lipinski definition) is 2. The second-order valence-corrected chi connectivity index (χ2v) is 7.03. The third-order valence-corrected chi connectivity index (χ3v) is 3.70. The molecule has 0 amide bonds. The summed E-state index contributed by atoms with van der Waals surface area (Å²) in [4.78, 5) is 0. The smallest absolute Gasteiger partial charge is 0.260 e. The molecular weight excluding hydrogens is 412 g/mol. The summed E-state index contributed by atoms with van der Waals surface area (Å²) in [5.41, 5.74) is 0.235. The van der Waals surface area contributed by atoms with Crippen LogP contribution in [0.4, 0.5) is 17.6 Å². The van der Waals surface area contributed by atoms with E-state index in [4.69, 9.17) is 0 Å². The van der Waals surface area contributed by atoms with E-state index in [9.17, 15) is 26.0 Å². The van der Waals surface area contributed by atoms with E-state index in [1.807, 2.05) is 0 Å². The van der Waals surface area contributed by atoms with E-state index in [1.54, 1.807) is 37.3 Å².